The first-order valence-electron chi connectivity index (χ1n) is 20.5. The third-order valence-electron chi connectivity index (χ3n) is 12.4. The third kappa shape index (κ3) is 5.33. The van der Waals surface area contributed by atoms with Gasteiger partial charge in [0.15, 0.2) is 5.82 Å². The number of rotatable bonds is 6. The zero-order valence-electron chi connectivity index (χ0n) is 32.6. The van der Waals surface area contributed by atoms with Crippen molar-refractivity contribution in [3.8, 4) is 56.2 Å². The molecule has 0 fully saturated rings. The summed E-state index contributed by atoms with van der Waals surface area (Å²) in [5.74, 6) is 0.707. The van der Waals surface area contributed by atoms with Crippen LogP contribution in [-0.4, -0.2) is 9.97 Å². The zero-order chi connectivity index (χ0) is 39.6. The summed E-state index contributed by atoms with van der Waals surface area (Å²) in [5, 5.41) is 4.91. The van der Waals surface area contributed by atoms with Gasteiger partial charge in [0.2, 0.25) is 0 Å². The van der Waals surface area contributed by atoms with Crippen LogP contribution in [0.1, 0.15) is 22.3 Å². The summed E-state index contributed by atoms with van der Waals surface area (Å²) >= 11 is 1.85. The number of thiophene rings is 1. The van der Waals surface area contributed by atoms with Crippen molar-refractivity contribution in [2.24, 2.45) is 0 Å². The summed E-state index contributed by atoms with van der Waals surface area (Å²) in [5.41, 5.74) is 14.3. The van der Waals surface area contributed by atoms with Crippen LogP contribution in [0.4, 0.5) is 0 Å². The largest absolute Gasteiger partial charge is 0.228 e. The Labute approximate surface area is 352 Å². The van der Waals surface area contributed by atoms with E-state index in [4.69, 9.17) is 9.97 Å². The van der Waals surface area contributed by atoms with Crippen LogP contribution in [0.5, 0.6) is 0 Å². The smallest absolute Gasteiger partial charge is 0.161 e. The van der Waals surface area contributed by atoms with E-state index < -0.39 is 5.41 Å². The fraction of sp³-hybridized carbons (Fsp3) is 0.0175. The summed E-state index contributed by atoms with van der Waals surface area (Å²) in [6.07, 6.45) is 0. The van der Waals surface area contributed by atoms with Crippen LogP contribution < -0.4 is 0 Å². The monoisotopic (exact) mass is 780 g/mol. The molecule has 3 heteroatoms. The topological polar surface area (TPSA) is 25.8 Å². The van der Waals surface area contributed by atoms with E-state index in [1.54, 1.807) is 0 Å². The molecule has 0 unspecified atom stereocenters. The molecule has 9 aromatic carbocycles. The number of hydrogen-bond acceptors (Lipinski definition) is 3. The van der Waals surface area contributed by atoms with Gasteiger partial charge in [0.1, 0.15) is 0 Å². The first kappa shape index (κ1) is 34.6. The van der Waals surface area contributed by atoms with Gasteiger partial charge in [-0.1, -0.05) is 194 Å². The van der Waals surface area contributed by atoms with Crippen molar-refractivity contribution in [1.82, 2.24) is 9.97 Å². The molecular weight excluding hydrogens is 745 g/mol. The molecule has 0 spiro atoms. The van der Waals surface area contributed by atoms with Gasteiger partial charge >= 0.3 is 0 Å². The van der Waals surface area contributed by atoms with E-state index in [2.05, 4.69) is 218 Å². The minimum Gasteiger partial charge on any atom is -0.228 e. The standard InChI is InChI=1S/C57H36N2S/c1-3-17-41(18-4-1)57(42-19-5-2-6-20-42)49-26-11-9-22-45(49)46-34-33-40(35-50(46)57)52-36-51(58-56(59-52)47-25-13-16-37-15-7-8-21-43(37)47)39-31-29-38(30-32-39)44-24-14-28-54-55(44)48-23-10-12-27-53(48)60-54/h1-36H. The SMILES string of the molecule is c1ccc(C2(c3ccccc3)c3ccccc3-c3ccc(-c4cc(-c5ccc(-c6cccc7sc8ccccc8c67)cc5)nc(-c5cccc6ccccc56)n4)cc32)cc1. The molecule has 60 heavy (non-hydrogen) atoms. The molecule has 1 aliphatic carbocycles. The van der Waals surface area contributed by atoms with E-state index in [1.807, 2.05) is 11.3 Å². The van der Waals surface area contributed by atoms with Crippen LogP contribution in [0.2, 0.25) is 0 Å². The molecule has 0 atom stereocenters. The maximum Gasteiger partial charge on any atom is 0.161 e. The van der Waals surface area contributed by atoms with E-state index in [1.165, 1.54) is 64.7 Å². The van der Waals surface area contributed by atoms with E-state index in [0.29, 0.717) is 5.82 Å². The first-order valence-corrected chi connectivity index (χ1v) is 21.3. The second kappa shape index (κ2) is 13.8. The van der Waals surface area contributed by atoms with Crippen molar-refractivity contribution in [3.63, 3.8) is 0 Å². The van der Waals surface area contributed by atoms with Gasteiger partial charge in [-0.2, -0.15) is 0 Å². The van der Waals surface area contributed by atoms with Crippen molar-refractivity contribution in [2.45, 2.75) is 5.41 Å². The van der Waals surface area contributed by atoms with Crippen LogP contribution in [0, 0.1) is 0 Å². The Morgan fingerprint density at radius 2 is 0.900 bits per heavy atom. The lowest BCUT2D eigenvalue weighted by Gasteiger charge is -2.34. The van der Waals surface area contributed by atoms with E-state index in [9.17, 15) is 0 Å². The molecule has 12 rings (SSSR count). The molecule has 0 bridgehead atoms. The second-order valence-electron chi connectivity index (χ2n) is 15.6. The Hall–Kier alpha value is -7.46. The minimum atomic E-state index is -0.509. The van der Waals surface area contributed by atoms with Gasteiger partial charge in [-0.3, -0.25) is 0 Å². The predicted molar refractivity (Wildman–Crippen MR) is 251 cm³/mol. The molecule has 0 N–H and O–H groups in total. The lowest BCUT2D eigenvalue weighted by atomic mass is 9.67. The first-order chi connectivity index (χ1) is 29.7. The average molecular weight is 781 g/mol. The van der Waals surface area contributed by atoms with Gasteiger partial charge in [0.05, 0.1) is 16.8 Å². The summed E-state index contributed by atoms with van der Waals surface area (Å²) in [6, 6.07) is 79.2. The molecule has 2 nitrogen and oxygen atoms in total. The second-order valence-corrected chi connectivity index (χ2v) is 16.7. The summed E-state index contributed by atoms with van der Waals surface area (Å²) in [4.78, 5) is 10.8. The van der Waals surface area contributed by atoms with Crippen molar-refractivity contribution >= 4 is 42.3 Å². The molecule has 0 amide bonds. The number of hydrogen-bond donors (Lipinski definition) is 0. The van der Waals surface area contributed by atoms with Gasteiger partial charge in [-0.25, -0.2) is 9.97 Å². The lowest BCUT2D eigenvalue weighted by Crippen LogP contribution is -2.28. The molecule has 0 saturated carbocycles. The fourth-order valence-electron chi connectivity index (χ4n) is 9.72. The summed E-state index contributed by atoms with van der Waals surface area (Å²) in [6.45, 7) is 0. The highest BCUT2D eigenvalue weighted by atomic mass is 32.1. The lowest BCUT2D eigenvalue weighted by molar-refractivity contribution is 0.768. The van der Waals surface area contributed by atoms with Crippen molar-refractivity contribution in [3.05, 3.63) is 241 Å². The van der Waals surface area contributed by atoms with Gasteiger partial charge in [-0.15, -0.1) is 11.3 Å². The van der Waals surface area contributed by atoms with Crippen molar-refractivity contribution in [2.75, 3.05) is 0 Å². The Morgan fingerprint density at radius 3 is 1.70 bits per heavy atom. The van der Waals surface area contributed by atoms with Gasteiger partial charge in [0, 0.05) is 36.9 Å². The molecule has 2 aromatic heterocycles. The summed E-state index contributed by atoms with van der Waals surface area (Å²) in [7, 11) is 0. The molecule has 1 aliphatic rings. The number of benzene rings is 9. The van der Waals surface area contributed by atoms with E-state index in [0.717, 1.165) is 38.9 Å². The Morgan fingerprint density at radius 1 is 0.350 bits per heavy atom. The van der Waals surface area contributed by atoms with E-state index in [-0.39, 0.29) is 0 Å². The van der Waals surface area contributed by atoms with Crippen LogP contribution >= 0.6 is 11.3 Å². The van der Waals surface area contributed by atoms with Gasteiger partial charge in [0.25, 0.3) is 0 Å². The predicted octanol–water partition coefficient (Wildman–Crippen LogP) is 15.0. The Balaban J connectivity index is 1.06. The van der Waals surface area contributed by atoms with Gasteiger partial charge in [-0.05, 0) is 79.5 Å². The molecule has 2 heterocycles. The van der Waals surface area contributed by atoms with E-state index >= 15 is 0 Å². The molecular formula is C57H36N2S. The average Bonchev–Trinajstić information content (AvgIpc) is 3.86. The Kier molecular flexibility index (Phi) is 7.97. The molecule has 0 aliphatic heterocycles. The van der Waals surface area contributed by atoms with Crippen molar-refractivity contribution < 1.29 is 0 Å². The quantitative estimate of drug-likeness (QED) is 0.168. The molecule has 0 radical (unpaired) electrons. The summed E-state index contributed by atoms with van der Waals surface area (Å²) < 4.78 is 2.62. The van der Waals surface area contributed by atoms with Crippen LogP contribution in [0.3, 0.4) is 0 Å². The number of aromatic nitrogens is 2. The fourth-order valence-corrected chi connectivity index (χ4v) is 10.9. The van der Waals surface area contributed by atoms with Crippen LogP contribution in [0.15, 0.2) is 218 Å². The van der Waals surface area contributed by atoms with Crippen molar-refractivity contribution in [1.29, 1.82) is 0 Å². The maximum absolute atomic E-state index is 5.43. The molecule has 11 aromatic rings. The highest BCUT2D eigenvalue weighted by Gasteiger charge is 2.46. The maximum atomic E-state index is 5.43. The van der Waals surface area contributed by atoms with Crippen LogP contribution in [0.25, 0.3) is 87.1 Å². The highest BCUT2D eigenvalue weighted by molar-refractivity contribution is 7.25. The highest BCUT2D eigenvalue weighted by Crippen LogP contribution is 2.56. The van der Waals surface area contributed by atoms with Gasteiger partial charge < -0.3 is 0 Å². The normalized spacial score (nSPS) is 12.8. The zero-order valence-corrected chi connectivity index (χ0v) is 33.4. The van der Waals surface area contributed by atoms with Crippen LogP contribution in [-0.2, 0) is 5.41 Å². The molecule has 0 saturated heterocycles. The Bertz CT molecular complexity index is 3380. The minimum absolute atomic E-state index is 0.509. The third-order valence-corrected chi connectivity index (χ3v) is 13.5. The number of nitrogens with zero attached hydrogens (tertiary/aromatic N) is 2. The molecule has 280 valence electrons. The number of fused-ring (bicyclic) bond motifs is 7.